The fraction of sp³-hybridized carbons (Fsp3) is 0.179. The van der Waals surface area contributed by atoms with E-state index in [9.17, 15) is 9.59 Å². The fourth-order valence-corrected chi connectivity index (χ4v) is 3.67. The van der Waals surface area contributed by atoms with Crippen LogP contribution < -0.4 is 24.5 Å². The molecule has 0 saturated heterocycles. The molecule has 0 bridgehead atoms. The quantitative estimate of drug-likeness (QED) is 0.435. The lowest BCUT2D eigenvalue weighted by molar-refractivity contribution is -0.118. The van der Waals surface area contributed by atoms with Crippen molar-refractivity contribution in [2.75, 3.05) is 30.6 Å². The standard InChI is InChI=1S/C28H27N3O5/c1-4-35-26-17-20(16-22-19(2)30-31(28(22)33)21-10-6-5-7-11-21)14-15-25(26)36-18-27(32)29-23-12-8-9-13-24(23)34-3/h5-17H,4,18H2,1-3H3,(H,29,32). The van der Waals surface area contributed by atoms with Crippen LogP contribution in [0.5, 0.6) is 17.2 Å². The Morgan fingerprint density at radius 2 is 1.72 bits per heavy atom. The molecule has 0 aromatic heterocycles. The number of amides is 2. The second-order valence-electron chi connectivity index (χ2n) is 7.87. The molecule has 2 amide bonds. The van der Waals surface area contributed by atoms with Crippen LogP contribution in [0.4, 0.5) is 11.4 Å². The third-order valence-corrected chi connectivity index (χ3v) is 5.38. The summed E-state index contributed by atoms with van der Waals surface area (Å²) in [6.07, 6.45) is 1.77. The van der Waals surface area contributed by atoms with Crippen molar-refractivity contribution in [3.63, 3.8) is 0 Å². The Morgan fingerprint density at radius 1 is 0.972 bits per heavy atom. The van der Waals surface area contributed by atoms with Gasteiger partial charge in [0.15, 0.2) is 18.1 Å². The highest BCUT2D eigenvalue weighted by Gasteiger charge is 2.28. The van der Waals surface area contributed by atoms with Crippen LogP contribution in [0.2, 0.25) is 0 Å². The number of para-hydroxylation sites is 3. The first-order valence-corrected chi connectivity index (χ1v) is 11.5. The minimum Gasteiger partial charge on any atom is -0.495 e. The molecular formula is C28H27N3O5. The van der Waals surface area contributed by atoms with Gasteiger partial charge in [-0.25, -0.2) is 0 Å². The van der Waals surface area contributed by atoms with E-state index in [0.29, 0.717) is 46.5 Å². The topological polar surface area (TPSA) is 89.5 Å². The summed E-state index contributed by atoms with van der Waals surface area (Å²) in [6.45, 7) is 3.85. The Bertz CT molecular complexity index is 1320. The van der Waals surface area contributed by atoms with Gasteiger partial charge in [-0.3, -0.25) is 9.59 Å². The second-order valence-corrected chi connectivity index (χ2v) is 7.87. The Labute approximate surface area is 209 Å². The second kappa shape index (κ2) is 11.2. The summed E-state index contributed by atoms with van der Waals surface area (Å²) in [5.74, 6) is 0.909. The average Bonchev–Trinajstić information content (AvgIpc) is 3.17. The molecule has 0 fully saturated rings. The Morgan fingerprint density at radius 3 is 2.47 bits per heavy atom. The molecule has 0 atom stereocenters. The zero-order valence-corrected chi connectivity index (χ0v) is 20.4. The third kappa shape index (κ3) is 5.55. The van der Waals surface area contributed by atoms with Crippen LogP contribution in [-0.4, -0.2) is 37.8 Å². The van der Waals surface area contributed by atoms with E-state index in [1.807, 2.05) is 43.3 Å². The van der Waals surface area contributed by atoms with Crippen LogP contribution in [0.15, 0.2) is 83.5 Å². The predicted octanol–water partition coefficient (Wildman–Crippen LogP) is 4.92. The van der Waals surface area contributed by atoms with Gasteiger partial charge < -0.3 is 19.5 Å². The van der Waals surface area contributed by atoms with Crippen molar-refractivity contribution < 1.29 is 23.8 Å². The van der Waals surface area contributed by atoms with Gasteiger partial charge in [0.05, 0.1) is 36.4 Å². The number of hydrazone groups is 1. The number of anilines is 2. The van der Waals surface area contributed by atoms with Crippen molar-refractivity contribution >= 4 is 35.0 Å². The number of carbonyl (C=O) groups excluding carboxylic acids is 2. The van der Waals surface area contributed by atoms with E-state index in [0.717, 1.165) is 5.56 Å². The number of benzene rings is 3. The van der Waals surface area contributed by atoms with E-state index < -0.39 is 0 Å². The maximum Gasteiger partial charge on any atom is 0.280 e. The number of hydrogen-bond acceptors (Lipinski definition) is 6. The smallest absolute Gasteiger partial charge is 0.280 e. The number of nitrogens with one attached hydrogen (secondary N) is 1. The molecule has 3 aromatic rings. The minimum absolute atomic E-state index is 0.204. The molecule has 36 heavy (non-hydrogen) atoms. The van der Waals surface area contributed by atoms with Crippen molar-refractivity contribution in [3.05, 3.63) is 83.9 Å². The molecule has 1 heterocycles. The van der Waals surface area contributed by atoms with Gasteiger partial charge in [-0.15, -0.1) is 0 Å². The summed E-state index contributed by atoms with van der Waals surface area (Å²) in [7, 11) is 1.54. The molecule has 0 aliphatic carbocycles. The average molecular weight is 486 g/mol. The van der Waals surface area contributed by atoms with Gasteiger partial charge in [0.25, 0.3) is 11.8 Å². The monoisotopic (exact) mass is 485 g/mol. The number of hydrogen-bond donors (Lipinski definition) is 1. The first-order chi connectivity index (χ1) is 17.5. The Hall–Kier alpha value is -4.59. The molecule has 1 aliphatic heterocycles. The van der Waals surface area contributed by atoms with Gasteiger partial charge >= 0.3 is 0 Å². The molecule has 0 radical (unpaired) electrons. The van der Waals surface area contributed by atoms with Gasteiger partial charge in [0.1, 0.15) is 5.75 Å². The predicted molar refractivity (Wildman–Crippen MR) is 140 cm³/mol. The first kappa shape index (κ1) is 24.5. The lowest BCUT2D eigenvalue weighted by atomic mass is 10.1. The summed E-state index contributed by atoms with van der Waals surface area (Å²) < 4.78 is 16.7. The van der Waals surface area contributed by atoms with Crippen molar-refractivity contribution in [1.29, 1.82) is 0 Å². The maximum atomic E-state index is 13.0. The van der Waals surface area contributed by atoms with E-state index in [-0.39, 0.29) is 18.4 Å². The van der Waals surface area contributed by atoms with Gasteiger partial charge in [0, 0.05) is 0 Å². The zero-order valence-electron chi connectivity index (χ0n) is 20.4. The number of ether oxygens (including phenoxy) is 3. The van der Waals surface area contributed by atoms with Crippen LogP contribution in [0, 0.1) is 0 Å². The summed E-state index contributed by atoms with van der Waals surface area (Å²) in [5, 5.41) is 8.58. The largest absolute Gasteiger partial charge is 0.495 e. The number of nitrogens with zero attached hydrogens (tertiary/aromatic N) is 2. The van der Waals surface area contributed by atoms with Crippen LogP contribution in [0.1, 0.15) is 19.4 Å². The van der Waals surface area contributed by atoms with Gasteiger partial charge in [-0.1, -0.05) is 36.4 Å². The highest BCUT2D eigenvalue weighted by molar-refractivity contribution is 6.32. The number of methoxy groups -OCH3 is 1. The van der Waals surface area contributed by atoms with E-state index >= 15 is 0 Å². The van der Waals surface area contributed by atoms with Crippen LogP contribution in [0.3, 0.4) is 0 Å². The van der Waals surface area contributed by atoms with Crippen molar-refractivity contribution in [3.8, 4) is 17.2 Å². The number of carbonyl (C=O) groups is 2. The molecule has 0 unspecified atom stereocenters. The molecule has 184 valence electrons. The Balaban J connectivity index is 1.48. The zero-order chi connectivity index (χ0) is 25.5. The van der Waals surface area contributed by atoms with E-state index in [1.165, 1.54) is 5.01 Å². The van der Waals surface area contributed by atoms with Crippen LogP contribution in [-0.2, 0) is 9.59 Å². The Kier molecular flexibility index (Phi) is 7.65. The highest BCUT2D eigenvalue weighted by Crippen LogP contribution is 2.31. The minimum atomic E-state index is -0.336. The summed E-state index contributed by atoms with van der Waals surface area (Å²) >= 11 is 0. The van der Waals surface area contributed by atoms with Crippen molar-refractivity contribution in [1.82, 2.24) is 0 Å². The summed E-state index contributed by atoms with van der Waals surface area (Å²) in [4.78, 5) is 25.4. The fourth-order valence-electron chi connectivity index (χ4n) is 3.67. The normalized spacial score (nSPS) is 14.0. The van der Waals surface area contributed by atoms with Gasteiger partial charge in [0.2, 0.25) is 0 Å². The molecule has 0 spiro atoms. The molecule has 3 aromatic carbocycles. The lowest BCUT2D eigenvalue weighted by Gasteiger charge is -2.14. The van der Waals surface area contributed by atoms with Crippen LogP contribution in [0.25, 0.3) is 6.08 Å². The van der Waals surface area contributed by atoms with Gasteiger partial charge in [-0.2, -0.15) is 10.1 Å². The van der Waals surface area contributed by atoms with Crippen molar-refractivity contribution in [2.45, 2.75) is 13.8 Å². The molecule has 8 nitrogen and oxygen atoms in total. The highest BCUT2D eigenvalue weighted by atomic mass is 16.5. The number of rotatable bonds is 9. The van der Waals surface area contributed by atoms with E-state index in [2.05, 4.69) is 10.4 Å². The maximum absolute atomic E-state index is 13.0. The van der Waals surface area contributed by atoms with Gasteiger partial charge in [-0.05, 0) is 61.9 Å². The molecule has 4 rings (SSSR count). The first-order valence-electron chi connectivity index (χ1n) is 11.5. The molecule has 1 N–H and O–H groups in total. The molecular weight excluding hydrogens is 458 g/mol. The SMILES string of the molecule is CCOc1cc(C=C2C(=O)N(c3ccccc3)N=C2C)ccc1OCC(=O)Nc1ccccc1OC. The molecule has 1 aliphatic rings. The summed E-state index contributed by atoms with van der Waals surface area (Å²) in [6, 6.07) is 21.7. The van der Waals surface area contributed by atoms with E-state index in [1.54, 1.807) is 56.5 Å². The molecule has 8 heteroatoms. The summed E-state index contributed by atoms with van der Waals surface area (Å²) in [5.41, 5.74) is 3.12. The van der Waals surface area contributed by atoms with E-state index in [4.69, 9.17) is 14.2 Å². The molecule has 0 saturated carbocycles. The lowest BCUT2D eigenvalue weighted by Crippen LogP contribution is -2.21. The third-order valence-electron chi connectivity index (χ3n) is 5.38. The van der Waals surface area contributed by atoms with Crippen LogP contribution >= 0.6 is 0 Å². The van der Waals surface area contributed by atoms with Crippen molar-refractivity contribution in [2.24, 2.45) is 5.10 Å².